The third kappa shape index (κ3) is 6.66. The van der Waals surface area contributed by atoms with E-state index >= 15 is 0 Å². The zero-order chi connectivity index (χ0) is 27.4. The summed E-state index contributed by atoms with van der Waals surface area (Å²) in [5.41, 5.74) is 3.50. The van der Waals surface area contributed by atoms with E-state index in [2.05, 4.69) is 10.0 Å². The van der Waals surface area contributed by atoms with Crippen LogP contribution in [0.15, 0.2) is 46.9 Å². The number of nitrogens with one attached hydrogen (secondary N) is 2. The van der Waals surface area contributed by atoms with Crippen molar-refractivity contribution in [3.05, 3.63) is 59.4 Å². The molecule has 1 fully saturated rings. The van der Waals surface area contributed by atoms with Crippen LogP contribution in [0.1, 0.15) is 66.2 Å². The first kappa shape index (κ1) is 27.5. The molecule has 1 unspecified atom stereocenters. The Morgan fingerprint density at radius 1 is 1.08 bits per heavy atom. The van der Waals surface area contributed by atoms with Crippen molar-refractivity contribution in [3.63, 3.8) is 0 Å². The highest BCUT2D eigenvalue weighted by molar-refractivity contribution is 7.92. The van der Waals surface area contributed by atoms with Crippen molar-refractivity contribution in [3.8, 4) is 0 Å². The summed E-state index contributed by atoms with van der Waals surface area (Å²) in [5.74, 6) is 0.0204. The molecule has 3 N–H and O–H groups in total. The molecule has 2 aromatic carbocycles. The van der Waals surface area contributed by atoms with Crippen LogP contribution in [0.4, 0.5) is 11.4 Å². The predicted molar refractivity (Wildman–Crippen MR) is 148 cm³/mol. The molecule has 204 valence electrons. The number of rotatable bonds is 10. The number of furan rings is 1. The molecule has 1 aliphatic rings. The van der Waals surface area contributed by atoms with E-state index in [1.54, 1.807) is 37.4 Å². The molecule has 1 amide bonds. The minimum Gasteiger partial charge on any atom is -0.481 e. The fourth-order valence-corrected chi connectivity index (χ4v) is 5.71. The fourth-order valence-electron chi connectivity index (χ4n) is 5.15. The Morgan fingerprint density at radius 2 is 1.74 bits per heavy atom. The summed E-state index contributed by atoms with van der Waals surface area (Å²) >= 11 is 0. The molecular weight excluding hydrogens is 506 g/mol. The number of carbonyl (C=O) groups is 2. The third-order valence-electron chi connectivity index (χ3n) is 7.14. The van der Waals surface area contributed by atoms with Crippen LogP contribution in [0.2, 0.25) is 0 Å². The van der Waals surface area contributed by atoms with Crippen LogP contribution in [-0.4, -0.2) is 50.1 Å². The molecule has 0 spiro atoms. The summed E-state index contributed by atoms with van der Waals surface area (Å²) in [6.45, 7) is 2.14. The van der Waals surface area contributed by atoms with Crippen LogP contribution in [0, 0.1) is 12.8 Å². The van der Waals surface area contributed by atoms with E-state index < -0.39 is 16.0 Å². The normalized spacial score (nSPS) is 15.2. The van der Waals surface area contributed by atoms with Crippen molar-refractivity contribution in [2.45, 2.75) is 51.5 Å². The molecule has 1 heterocycles. The van der Waals surface area contributed by atoms with Gasteiger partial charge >= 0.3 is 5.97 Å². The van der Waals surface area contributed by atoms with Gasteiger partial charge in [-0.25, -0.2) is 8.42 Å². The maximum Gasteiger partial charge on any atom is 0.305 e. The van der Waals surface area contributed by atoms with Gasteiger partial charge in [0, 0.05) is 41.5 Å². The molecule has 0 aliphatic heterocycles. The third-order valence-corrected chi connectivity index (χ3v) is 7.75. The molecule has 4 rings (SSSR count). The lowest BCUT2D eigenvalue weighted by molar-refractivity contribution is -0.137. The number of hydrogen-bond acceptors (Lipinski definition) is 6. The zero-order valence-electron chi connectivity index (χ0n) is 22.0. The highest BCUT2D eigenvalue weighted by Gasteiger charge is 2.30. The fraction of sp³-hybridized carbons (Fsp3) is 0.429. The van der Waals surface area contributed by atoms with E-state index in [0.717, 1.165) is 54.3 Å². The molecule has 0 bridgehead atoms. The minimum absolute atomic E-state index is 0.0891. The second kappa shape index (κ2) is 11.5. The Kier molecular flexibility index (Phi) is 8.30. The lowest BCUT2D eigenvalue weighted by Crippen LogP contribution is -2.29. The average molecular weight is 542 g/mol. The summed E-state index contributed by atoms with van der Waals surface area (Å²) in [7, 11) is -1.80. The van der Waals surface area contributed by atoms with E-state index in [-0.39, 0.29) is 24.9 Å². The van der Waals surface area contributed by atoms with E-state index in [0.29, 0.717) is 22.8 Å². The number of aliphatic carboxylic acids is 1. The summed E-state index contributed by atoms with van der Waals surface area (Å²) in [6.07, 6.45) is 6.69. The van der Waals surface area contributed by atoms with Crippen LogP contribution in [-0.2, 0) is 14.8 Å². The molecule has 1 aromatic heterocycles. The quantitative estimate of drug-likeness (QED) is 0.314. The van der Waals surface area contributed by atoms with Crippen molar-refractivity contribution in [2.75, 3.05) is 29.9 Å². The number of fused-ring (bicyclic) bond motifs is 1. The molecule has 38 heavy (non-hydrogen) atoms. The van der Waals surface area contributed by atoms with Gasteiger partial charge in [0.15, 0.2) is 0 Å². The van der Waals surface area contributed by atoms with Crippen molar-refractivity contribution in [2.24, 2.45) is 5.92 Å². The standard InChI is InChI=1S/C28H35N3O6S/c1-18-23-17-22(30-38(3,35)36)13-14-24(23)37-27(18)26(19-7-5-4-6-8-19)29-21-11-9-20(10-12-21)28(34)31(2)16-15-25(32)33/h9-14,17,19,26,29-30H,4-8,15-16H2,1-3H3,(H,32,33). The molecule has 0 saturated heterocycles. The van der Waals surface area contributed by atoms with Crippen LogP contribution >= 0.6 is 0 Å². The van der Waals surface area contributed by atoms with E-state index in [1.807, 2.05) is 19.1 Å². The van der Waals surface area contributed by atoms with Gasteiger partial charge in [0.2, 0.25) is 10.0 Å². The Bertz CT molecular complexity index is 1410. The van der Waals surface area contributed by atoms with E-state index in [1.165, 1.54) is 11.3 Å². The second-order valence-corrected chi connectivity index (χ2v) is 11.9. The number of hydrogen-bond donors (Lipinski definition) is 3. The number of carboxylic acid groups (broad SMARTS) is 1. The van der Waals surface area contributed by atoms with Gasteiger partial charge in [-0.2, -0.15) is 0 Å². The molecular formula is C28H35N3O6S. The lowest BCUT2D eigenvalue weighted by atomic mass is 9.82. The topological polar surface area (TPSA) is 129 Å². The molecule has 1 saturated carbocycles. The first-order valence-corrected chi connectivity index (χ1v) is 14.8. The highest BCUT2D eigenvalue weighted by Crippen LogP contribution is 2.41. The van der Waals surface area contributed by atoms with Gasteiger partial charge in [-0.1, -0.05) is 19.3 Å². The maximum absolute atomic E-state index is 12.7. The van der Waals surface area contributed by atoms with Gasteiger partial charge < -0.3 is 19.7 Å². The average Bonchev–Trinajstić information content (AvgIpc) is 3.20. The smallest absolute Gasteiger partial charge is 0.305 e. The van der Waals surface area contributed by atoms with Crippen LogP contribution in [0.5, 0.6) is 0 Å². The number of amides is 1. The Hall–Kier alpha value is -3.53. The number of anilines is 2. The van der Waals surface area contributed by atoms with Gasteiger partial charge in [0.05, 0.1) is 18.7 Å². The summed E-state index contributed by atoms with van der Waals surface area (Å²) in [6, 6.07) is 12.4. The highest BCUT2D eigenvalue weighted by atomic mass is 32.2. The summed E-state index contributed by atoms with van der Waals surface area (Å²) < 4.78 is 32.3. The van der Waals surface area contributed by atoms with Gasteiger partial charge in [0.25, 0.3) is 5.91 Å². The Labute approximate surface area is 223 Å². The molecule has 1 atom stereocenters. The first-order chi connectivity index (χ1) is 18.0. The number of nitrogens with zero attached hydrogens (tertiary/aromatic N) is 1. The van der Waals surface area contributed by atoms with Gasteiger partial charge in [-0.05, 0) is 68.1 Å². The largest absolute Gasteiger partial charge is 0.481 e. The zero-order valence-corrected chi connectivity index (χ0v) is 22.8. The minimum atomic E-state index is -3.39. The first-order valence-electron chi connectivity index (χ1n) is 12.9. The van der Waals surface area contributed by atoms with E-state index in [4.69, 9.17) is 9.52 Å². The predicted octanol–water partition coefficient (Wildman–Crippen LogP) is 5.39. The number of carboxylic acids is 1. The lowest BCUT2D eigenvalue weighted by Gasteiger charge is -2.31. The van der Waals surface area contributed by atoms with Gasteiger partial charge in [-0.15, -0.1) is 0 Å². The second-order valence-electron chi connectivity index (χ2n) is 10.1. The number of sulfonamides is 1. The van der Waals surface area contributed by atoms with Crippen molar-refractivity contribution in [1.82, 2.24) is 4.90 Å². The molecule has 3 aromatic rings. The van der Waals surface area contributed by atoms with Gasteiger partial charge in [0.1, 0.15) is 11.3 Å². The van der Waals surface area contributed by atoms with Crippen LogP contribution in [0.25, 0.3) is 11.0 Å². The van der Waals surface area contributed by atoms with Gasteiger partial charge in [-0.3, -0.25) is 14.3 Å². The Balaban J connectivity index is 1.60. The number of carbonyl (C=O) groups excluding carboxylic acids is 1. The monoisotopic (exact) mass is 541 g/mol. The van der Waals surface area contributed by atoms with Crippen molar-refractivity contribution >= 4 is 44.2 Å². The molecule has 0 radical (unpaired) electrons. The summed E-state index contributed by atoms with van der Waals surface area (Å²) in [4.78, 5) is 24.9. The summed E-state index contributed by atoms with van der Waals surface area (Å²) in [5, 5.41) is 13.4. The van der Waals surface area contributed by atoms with Crippen molar-refractivity contribution in [1.29, 1.82) is 0 Å². The van der Waals surface area contributed by atoms with E-state index in [9.17, 15) is 18.0 Å². The number of benzene rings is 2. The maximum atomic E-state index is 12.7. The van der Waals surface area contributed by atoms with Crippen LogP contribution < -0.4 is 10.0 Å². The molecule has 10 heteroatoms. The molecule has 9 nitrogen and oxygen atoms in total. The van der Waals surface area contributed by atoms with Crippen molar-refractivity contribution < 1.29 is 27.5 Å². The molecule has 1 aliphatic carbocycles. The SMILES string of the molecule is Cc1c(C(Nc2ccc(C(=O)N(C)CCC(=O)O)cc2)C2CCCCC2)oc2ccc(NS(C)(=O)=O)cc12. The number of aryl methyl sites for hydroxylation is 1. The Morgan fingerprint density at radius 3 is 2.37 bits per heavy atom. The van der Waals surface area contributed by atoms with Crippen LogP contribution in [0.3, 0.4) is 0 Å².